The molecule has 16 heavy (non-hydrogen) atoms. The average Bonchev–Trinajstić information content (AvgIpc) is 2.16. The third kappa shape index (κ3) is 4.14. The smallest absolute Gasteiger partial charge is 0.225 e. The normalized spacial score (nSPS) is 11.6. The fourth-order valence-electron chi connectivity index (χ4n) is 1.64. The fraction of sp³-hybridized carbons (Fsp3) is 0.667. The van der Waals surface area contributed by atoms with Gasteiger partial charge in [0.2, 0.25) is 5.95 Å². The van der Waals surface area contributed by atoms with Crippen LogP contribution in [0.5, 0.6) is 0 Å². The van der Waals surface area contributed by atoms with Gasteiger partial charge in [0.05, 0.1) is 0 Å². The Morgan fingerprint density at radius 3 is 2.31 bits per heavy atom. The van der Waals surface area contributed by atoms with Crippen LogP contribution in [0.15, 0.2) is 12.4 Å². The summed E-state index contributed by atoms with van der Waals surface area (Å²) < 4.78 is 0. The lowest BCUT2D eigenvalue weighted by molar-refractivity contribution is 0.515. The van der Waals surface area contributed by atoms with Gasteiger partial charge in [-0.25, -0.2) is 9.97 Å². The molecule has 0 saturated carbocycles. The maximum Gasteiger partial charge on any atom is 0.225 e. The average molecular weight is 222 g/mol. The Kier molecular flexibility index (Phi) is 4.24. The van der Waals surface area contributed by atoms with Crippen molar-refractivity contribution in [3.05, 3.63) is 18.0 Å². The summed E-state index contributed by atoms with van der Waals surface area (Å²) in [7, 11) is 1.96. The SMILES string of the molecule is CCCc1cnc(N(C)CC(C)(C)N)nc1. The van der Waals surface area contributed by atoms with Crippen molar-refractivity contribution in [2.24, 2.45) is 5.73 Å². The lowest BCUT2D eigenvalue weighted by Gasteiger charge is -2.26. The Morgan fingerprint density at radius 2 is 1.88 bits per heavy atom. The second kappa shape index (κ2) is 5.25. The van der Waals surface area contributed by atoms with Gasteiger partial charge in [-0.05, 0) is 25.8 Å². The van der Waals surface area contributed by atoms with E-state index in [1.807, 2.05) is 38.2 Å². The molecule has 1 rings (SSSR count). The zero-order valence-corrected chi connectivity index (χ0v) is 10.7. The molecule has 0 unspecified atom stereocenters. The Balaban J connectivity index is 2.66. The van der Waals surface area contributed by atoms with Gasteiger partial charge in [0.15, 0.2) is 0 Å². The monoisotopic (exact) mass is 222 g/mol. The van der Waals surface area contributed by atoms with Crippen LogP contribution in [0.3, 0.4) is 0 Å². The van der Waals surface area contributed by atoms with Crippen molar-refractivity contribution < 1.29 is 0 Å². The van der Waals surface area contributed by atoms with E-state index < -0.39 is 0 Å². The molecule has 0 aliphatic heterocycles. The number of nitrogens with zero attached hydrogens (tertiary/aromatic N) is 3. The standard InChI is InChI=1S/C12H22N4/c1-5-6-10-7-14-11(15-8-10)16(4)9-12(2,3)13/h7-8H,5-6,9,13H2,1-4H3. The Morgan fingerprint density at radius 1 is 1.31 bits per heavy atom. The second-order valence-corrected chi connectivity index (χ2v) is 4.99. The molecular weight excluding hydrogens is 200 g/mol. The van der Waals surface area contributed by atoms with Crippen LogP contribution in [-0.2, 0) is 6.42 Å². The van der Waals surface area contributed by atoms with Crippen LogP contribution in [-0.4, -0.2) is 29.1 Å². The summed E-state index contributed by atoms with van der Waals surface area (Å²) in [6.45, 7) is 6.88. The van der Waals surface area contributed by atoms with Gasteiger partial charge in [-0.2, -0.15) is 0 Å². The van der Waals surface area contributed by atoms with E-state index in [0.717, 1.165) is 25.3 Å². The summed E-state index contributed by atoms with van der Waals surface area (Å²) in [4.78, 5) is 10.7. The van der Waals surface area contributed by atoms with Gasteiger partial charge in [0, 0.05) is 31.5 Å². The largest absolute Gasteiger partial charge is 0.342 e. The first-order chi connectivity index (χ1) is 7.42. The number of hydrogen-bond acceptors (Lipinski definition) is 4. The van der Waals surface area contributed by atoms with Crippen LogP contribution in [0, 0.1) is 0 Å². The van der Waals surface area contributed by atoms with Crippen LogP contribution in [0.4, 0.5) is 5.95 Å². The summed E-state index contributed by atoms with van der Waals surface area (Å²) in [5.74, 6) is 0.735. The molecule has 90 valence electrons. The first-order valence-corrected chi connectivity index (χ1v) is 5.73. The number of likely N-dealkylation sites (N-methyl/N-ethyl adjacent to an activating group) is 1. The molecule has 2 N–H and O–H groups in total. The molecule has 0 aliphatic carbocycles. The summed E-state index contributed by atoms with van der Waals surface area (Å²) in [6.07, 6.45) is 5.94. The maximum absolute atomic E-state index is 5.95. The molecule has 1 aromatic rings. The summed E-state index contributed by atoms with van der Waals surface area (Å²) in [5, 5.41) is 0. The predicted molar refractivity (Wildman–Crippen MR) is 67.6 cm³/mol. The topological polar surface area (TPSA) is 55.0 Å². The molecule has 0 aromatic carbocycles. The molecular formula is C12H22N4. The maximum atomic E-state index is 5.95. The number of nitrogens with two attached hydrogens (primary N) is 1. The lowest BCUT2D eigenvalue weighted by atomic mass is 10.1. The third-order valence-corrected chi connectivity index (χ3v) is 2.22. The molecule has 0 amide bonds. The van der Waals surface area contributed by atoms with Gasteiger partial charge in [0.25, 0.3) is 0 Å². The molecule has 0 aliphatic rings. The lowest BCUT2D eigenvalue weighted by Crippen LogP contribution is -2.44. The molecule has 0 radical (unpaired) electrons. The van der Waals surface area contributed by atoms with E-state index in [0.29, 0.717) is 0 Å². The molecule has 0 saturated heterocycles. The van der Waals surface area contributed by atoms with Crippen LogP contribution < -0.4 is 10.6 Å². The number of anilines is 1. The van der Waals surface area contributed by atoms with Gasteiger partial charge in [-0.1, -0.05) is 13.3 Å². The molecule has 0 spiro atoms. The first-order valence-electron chi connectivity index (χ1n) is 5.73. The van der Waals surface area contributed by atoms with Gasteiger partial charge < -0.3 is 10.6 Å². The number of aromatic nitrogens is 2. The van der Waals surface area contributed by atoms with E-state index in [1.54, 1.807) is 0 Å². The van der Waals surface area contributed by atoms with Gasteiger partial charge in [-0.3, -0.25) is 0 Å². The Hall–Kier alpha value is -1.16. The molecule has 0 bridgehead atoms. The molecule has 0 fully saturated rings. The summed E-state index contributed by atoms with van der Waals surface area (Å²) in [6, 6.07) is 0. The highest BCUT2D eigenvalue weighted by atomic mass is 15.2. The Labute approximate surface area is 97.9 Å². The third-order valence-electron chi connectivity index (χ3n) is 2.22. The zero-order valence-electron chi connectivity index (χ0n) is 10.7. The second-order valence-electron chi connectivity index (χ2n) is 4.99. The van der Waals surface area contributed by atoms with E-state index in [1.165, 1.54) is 5.56 Å². The van der Waals surface area contributed by atoms with Crippen molar-refractivity contribution in [3.63, 3.8) is 0 Å². The number of hydrogen-bond donors (Lipinski definition) is 1. The fourth-order valence-corrected chi connectivity index (χ4v) is 1.64. The Bertz CT molecular complexity index is 313. The molecule has 0 atom stereocenters. The number of rotatable bonds is 5. The zero-order chi connectivity index (χ0) is 12.2. The highest BCUT2D eigenvalue weighted by Crippen LogP contribution is 2.09. The molecule has 1 aromatic heterocycles. The van der Waals surface area contributed by atoms with Crippen LogP contribution in [0.25, 0.3) is 0 Å². The summed E-state index contributed by atoms with van der Waals surface area (Å²) >= 11 is 0. The van der Waals surface area contributed by atoms with Crippen molar-refractivity contribution in [2.75, 3.05) is 18.5 Å². The number of aryl methyl sites for hydroxylation is 1. The van der Waals surface area contributed by atoms with Crippen LogP contribution >= 0.6 is 0 Å². The van der Waals surface area contributed by atoms with Gasteiger partial charge >= 0.3 is 0 Å². The van der Waals surface area contributed by atoms with Crippen molar-refractivity contribution in [1.82, 2.24) is 9.97 Å². The predicted octanol–water partition coefficient (Wildman–Crippen LogP) is 1.60. The van der Waals surface area contributed by atoms with E-state index in [4.69, 9.17) is 5.73 Å². The van der Waals surface area contributed by atoms with E-state index in [9.17, 15) is 0 Å². The first kappa shape index (κ1) is 12.9. The minimum Gasteiger partial charge on any atom is -0.342 e. The molecule has 4 nitrogen and oxygen atoms in total. The van der Waals surface area contributed by atoms with Crippen molar-refractivity contribution >= 4 is 5.95 Å². The highest BCUT2D eigenvalue weighted by Gasteiger charge is 2.15. The van der Waals surface area contributed by atoms with E-state index in [-0.39, 0.29) is 5.54 Å². The van der Waals surface area contributed by atoms with E-state index >= 15 is 0 Å². The van der Waals surface area contributed by atoms with Crippen molar-refractivity contribution in [2.45, 2.75) is 39.2 Å². The van der Waals surface area contributed by atoms with Gasteiger partial charge in [-0.15, -0.1) is 0 Å². The van der Waals surface area contributed by atoms with Crippen molar-refractivity contribution in [3.8, 4) is 0 Å². The van der Waals surface area contributed by atoms with Gasteiger partial charge in [0.1, 0.15) is 0 Å². The minimum absolute atomic E-state index is 0.236. The highest BCUT2D eigenvalue weighted by molar-refractivity contribution is 5.29. The summed E-state index contributed by atoms with van der Waals surface area (Å²) in [5.41, 5.74) is 6.90. The van der Waals surface area contributed by atoms with Crippen LogP contribution in [0.2, 0.25) is 0 Å². The van der Waals surface area contributed by atoms with E-state index in [2.05, 4.69) is 16.9 Å². The quantitative estimate of drug-likeness (QED) is 0.822. The minimum atomic E-state index is -0.236. The molecule has 1 heterocycles. The molecule has 4 heteroatoms. The van der Waals surface area contributed by atoms with Crippen molar-refractivity contribution in [1.29, 1.82) is 0 Å². The van der Waals surface area contributed by atoms with Crippen LogP contribution in [0.1, 0.15) is 32.8 Å².